The molecule has 0 bridgehead atoms. The van der Waals surface area contributed by atoms with Crippen molar-refractivity contribution in [2.24, 2.45) is 0 Å². The molecule has 3 rings (SSSR count). The zero-order valence-electron chi connectivity index (χ0n) is 12.7. The summed E-state index contributed by atoms with van der Waals surface area (Å²) in [4.78, 5) is 0. The molecule has 0 saturated heterocycles. The normalized spacial score (nSPS) is 14.3. The van der Waals surface area contributed by atoms with Crippen LogP contribution in [0.25, 0.3) is 5.57 Å². The third-order valence-corrected chi connectivity index (χ3v) is 4.07. The Morgan fingerprint density at radius 2 is 1.82 bits per heavy atom. The van der Waals surface area contributed by atoms with Crippen LogP contribution in [-0.2, 0) is 6.42 Å². The fourth-order valence-corrected chi connectivity index (χ4v) is 2.85. The second kappa shape index (κ2) is 6.65. The van der Waals surface area contributed by atoms with E-state index in [2.05, 4.69) is 11.4 Å². The molecule has 0 aliphatic heterocycles. The third kappa shape index (κ3) is 3.14. The Morgan fingerprint density at radius 3 is 2.59 bits per heavy atom. The molecule has 22 heavy (non-hydrogen) atoms. The van der Waals surface area contributed by atoms with Crippen LogP contribution in [0.15, 0.2) is 54.4 Å². The van der Waals surface area contributed by atoms with E-state index in [-0.39, 0.29) is 5.83 Å². The topological polar surface area (TPSA) is 21.3 Å². The number of ether oxygens (including phenoxy) is 1. The molecular formula is C19H20FNO. The number of nitrogens with one attached hydrogen (secondary N) is 1. The van der Waals surface area contributed by atoms with Gasteiger partial charge < -0.3 is 10.1 Å². The van der Waals surface area contributed by atoms with Crippen LogP contribution >= 0.6 is 0 Å². The molecule has 2 aromatic rings. The van der Waals surface area contributed by atoms with Crippen molar-refractivity contribution < 1.29 is 9.13 Å². The molecule has 0 fully saturated rings. The first-order chi connectivity index (χ1) is 10.8. The van der Waals surface area contributed by atoms with E-state index in [9.17, 15) is 4.39 Å². The van der Waals surface area contributed by atoms with Crippen molar-refractivity contribution in [2.75, 3.05) is 19.0 Å². The molecule has 1 aliphatic rings. The standard InChI is InChI=1S/C19H20FNO/c1-22-16-11-9-15(10-12-16)21-13-18-17-7-3-2-5-14(17)6-4-8-19(18)20/h2-3,5,7,9-12,21H,4,6,8,13H2,1H3. The fourth-order valence-electron chi connectivity index (χ4n) is 2.85. The smallest absolute Gasteiger partial charge is 0.119 e. The van der Waals surface area contributed by atoms with Gasteiger partial charge in [0.15, 0.2) is 0 Å². The third-order valence-electron chi connectivity index (χ3n) is 4.07. The lowest BCUT2D eigenvalue weighted by Gasteiger charge is -2.13. The number of aryl methyl sites for hydroxylation is 1. The molecule has 0 atom stereocenters. The highest BCUT2D eigenvalue weighted by molar-refractivity contribution is 5.74. The number of benzene rings is 2. The van der Waals surface area contributed by atoms with Crippen molar-refractivity contribution in [3.05, 3.63) is 65.5 Å². The van der Waals surface area contributed by atoms with Crippen molar-refractivity contribution in [1.82, 2.24) is 0 Å². The first kappa shape index (κ1) is 14.6. The molecule has 0 amide bonds. The Kier molecular flexibility index (Phi) is 4.42. The van der Waals surface area contributed by atoms with Crippen LogP contribution in [0, 0.1) is 0 Å². The summed E-state index contributed by atoms with van der Waals surface area (Å²) in [6.45, 7) is 0.495. The van der Waals surface area contributed by atoms with Crippen LogP contribution in [0.5, 0.6) is 5.75 Å². The highest BCUT2D eigenvalue weighted by Gasteiger charge is 2.16. The van der Waals surface area contributed by atoms with Gasteiger partial charge in [0, 0.05) is 17.8 Å². The number of fused-ring (bicyclic) bond motifs is 1. The zero-order valence-corrected chi connectivity index (χ0v) is 12.7. The summed E-state index contributed by atoms with van der Waals surface area (Å²) < 4.78 is 19.6. The van der Waals surface area contributed by atoms with Gasteiger partial charge in [0.2, 0.25) is 0 Å². The largest absolute Gasteiger partial charge is 0.497 e. The average Bonchev–Trinajstić information content (AvgIpc) is 2.72. The fraction of sp³-hybridized carbons (Fsp3) is 0.263. The van der Waals surface area contributed by atoms with Crippen LogP contribution in [0.4, 0.5) is 10.1 Å². The van der Waals surface area contributed by atoms with Crippen LogP contribution in [0.2, 0.25) is 0 Å². The second-order valence-corrected chi connectivity index (χ2v) is 5.48. The molecule has 0 unspecified atom stereocenters. The number of anilines is 1. The zero-order chi connectivity index (χ0) is 15.4. The van der Waals surface area contributed by atoms with Crippen LogP contribution in [0.3, 0.4) is 0 Å². The quantitative estimate of drug-likeness (QED) is 0.873. The van der Waals surface area contributed by atoms with E-state index in [0.717, 1.165) is 35.4 Å². The summed E-state index contributed by atoms with van der Waals surface area (Å²) in [5.74, 6) is 0.821. The Bertz CT molecular complexity index is 676. The highest BCUT2D eigenvalue weighted by Crippen LogP contribution is 2.31. The minimum atomic E-state index is 0.00552. The molecule has 114 valence electrons. The van der Waals surface area contributed by atoms with Gasteiger partial charge in [-0.2, -0.15) is 0 Å². The molecular weight excluding hydrogens is 277 g/mol. The Morgan fingerprint density at radius 1 is 1.05 bits per heavy atom. The Labute approximate surface area is 130 Å². The highest BCUT2D eigenvalue weighted by atomic mass is 19.1. The lowest BCUT2D eigenvalue weighted by atomic mass is 9.99. The number of allylic oxidation sites excluding steroid dienone is 1. The van der Waals surface area contributed by atoms with E-state index >= 15 is 0 Å². The number of halogens is 1. The van der Waals surface area contributed by atoms with E-state index < -0.39 is 0 Å². The maximum Gasteiger partial charge on any atom is 0.119 e. The van der Waals surface area contributed by atoms with Gasteiger partial charge in [0.05, 0.1) is 7.11 Å². The van der Waals surface area contributed by atoms with Gasteiger partial charge in [-0.3, -0.25) is 0 Å². The van der Waals surface area contributed by atoms with Crippen molar-refractivity contribution in [2.45, 2.75) is 19.3 Å². The first-order valence-electron chi connectivity index (χ1n) is 7.61. The molecule has 3 heteroatoms. The molecule has 2 nitrogen and oxygen atoms in total. The van der Waals surface area contributed by atoms with E-state index in [1.54, 1.807) is 7.11 Å². The molecule has 2 aromatic carbocycles. The molecule has 1 aliphatic carbocycles. The van der Waals surface area contributed by atoms with Gasteiger partial charge in [0.25, 0.3) is 0 Å². The molecule has 0 radical (unpaired) electrons. The minimum Gasteiger partial charge on any atom is -0.497 e. The molecule has 0 aromatic heterocycles. The number of hydrogen-bond donors (Lipinski definition) is 1. The Balaban J connectivity index is 1.80. The van der Waals surface area contributed by atoms with Crippen molar-refractivity contribution in [1.29, 1.82) is 0 Å². The maximum atomic E-state index is 14.4. The van der Waals surface area contributed by atoms with Gasteiger partial charge >= 0.3 is 0 Å². The first-order valence-corrected chi connectivity index (χ1v) is 7.61. The number of hydrogen-bond acceptors (Lipinski definition) is 2. The molecule has 0 spiro atoms. The summed E-state index contributed by atoms with van der Waals surface area (Å²) in [6.07, 6.45) is 2.33. The van der Waals surface area contributed by atoms with Crippen LogP contribution < -0.4 is 10.1 Å². The van der Waals surface area contributed by atoms with E-state index in [0.29, 0.717) is 13.0 Å². The maximum absolute atomic E-state index is 14.4. The Hall–Kier alpha value is -2.29. The van der Waals surface area contributed by atoms with Gasteiger partial charge in [-0.1, -0.05) is 24.3 Å². The second-order valence-electron chi connectivity index (χ2n) is 5.48. The van der Waals surface area contributed by atoms with Gasteiger partial charge in [-0.15, -0.1) is 0 Å². The monoisotopic (exact) mass is 297 g/mol. The van der Waals surface area contributed by atoms with Crippen LogP contribution in [-0.4, -0.2) is 13.7 Å². The lowest BCUT2D eigenvalue weighted by Crippen LogP contribution is -2.06. The van der Waals surface area contributed by atoms with E-state index in [1.165, 1.54) is 5.56 Å². The predicted octanol–water partition coefficient (Wildman–Crippen LogP) is 4.82. The number of rotatable bonds is 4. The summed E-state index contributed by atoms with van der Waals surface area (Å²) >= 11 is 0. The van der Waals surface area contributed by atoms with Crippen molar-refractivity contribution in [3.63, 3.8) is 0 Å². The average molecular weight is 297 g/mol. The summed E-state index contributed by atoms with van der Waals surface area (Å²) in [5, 5.41) is 3.31. The van der Waals surface area contributed by atoms with Gasteiger partial charge in [-0.05, 0) is 54.7 Å². The summed E-state index contributed by atoms with van der Waals surface area (Å²) in [5.41, 5.74) is 4.02. The molecule has 1 N–H and O–H groups in total. The molecule has 0 saturated carbocycles. The molecule has 0 heterocycles. The lowest BCUT2D eigenvalue weighted by molar-refractivity contribution is 0.415. The summed E-state index contributed by atoms with van der Waals surface area (Å²) in [6, 6.07) is 15.8. The summed E-state index contributed by atoms with van der Waals surface area (Å²) in [7, 11) is 1.64. The van der Waals surface area contributed by atoms with Gasteiger partial charge in [-0.25, -0.2) is 4.39 Å². The van der Waals surface area contributed by atoms with Gasteiger partial charge in [0.1, 0.15) is 11.6 Å². The van der Waals surface area contributed by atoms with E-state index in [4.69, 9.17) is 4.74 Å². The predicted molar refractivity (Wildman–Crippen MR) is 88.9 cm³/mol. The van der Waals surface area contributed by atoms with Crippen LogP contribution in [0.1, 0.15) is 24.0 Å². The van der Waals surface area contributed by atoms with Crippen molar-refractivity contribution in [3.8, 4) is 5.75 Å². The van der Waals surface area contributed by atoms with Crippen molar-refractivity contribution >= 4 is 11.3 Å². The number of methoxy groups -OCH3 is 1. The van der Waals surface area contributed by atoms with E-state index in [1.807, 2.05) is 42.5 Å². The SMILES string of the molecule is COc1ccc(NCC2=C(F)CCCc3ccccc32)cc1. The minimum absolute atomic E-state index is 0.00552.